The van der Waals surface area contributed by atoms with Crippen molar-refractivity contribution < 1.29 is 4.79 Å². The van der Waals surface area contributed by atoms with Crippen molar-refractivity contribution in [2.75, 3.05) is 6.54 Å². The molecule has 104 valence electrons. The van der Waals surface area contributed by atoms with Gasteiger partial charge >= 0.3 is 0 Å². The molecule has 5 nitrogen and oxygen atoms in total. The van der Waals surface area contributed by atoms with Crippen LogP contribution in [0.25, 0.3) is 5.69 Å². The van der Waals surface area contributed by atoms with E-state index in [1.807, 2.05) is 41.2 Å². The van der Waals surface area contributed by atoms with Crippen LogP contribution in [-0.2, 0) is 11.3 Å². The van der Waals surface area contributed by atoms with Crippen LogP contribution < -0.4 is 10.6 Å². The predicted octanol–water partition coefficient (Wildman–Crippen LogP) is 1.24. The number of nitrogens with zero attached hydrogens (tertiary/aromatic N) is 2. The Morgan fingerprint density at radius 1 is 1.30 bits per heavy atom. The van der Waals surface area contributed by atoms with Crippen molar-refractivity contribution in [2.45, 2.75) is 25.4 Å². The van der Waals surface area contributed by atoms with Crippen molar-refractivity contribution in [3.05, 3.63) is 48.3 Å². The number of hydrogen-bond donors (Lipinski definition) is 2. The summed E-state index contributed by atoms with van der Waals surface area (Å²) < 4.78 is 1.82. The highest BCUT2D eigenvalue weighted by atomic mass is 16.2. The van der Waals surface area contributed by atoms with E-state index in [1.54, 1.807) is 6.20 Å². The van der Waals surface area contributed by atoms with Gasteiger partial charge in [0.15, 0.2) is 0 Å². The maximum atomic E-state index is 11.5. The number of amides is 1. The third-order valence-electron chi connectivity index (χ3n) is 3.26. The average molecular weight is 270 g/mol. The van der Waals surface area contributed by atoms with E-state index in [0.717, 1.165) is 24.1 Å². The fraction of sp³-hybridized carbons (Fsp3) is 0.333. The average Bonchev–Trinajstić information content (AvgIpc) is 3.09. The molecule has 0 atom stereocenters. The Balaban J connectivity index is 1.47. The van der Waals surface area contributed by atoms with Crippen molar-refractivity contribution in [1.82, 2.24) is 20.4 Å². The molecule has 1 amide bonds. The molecule has 1 aliphatic rings. The summed E-state index contributed by atoms with van der Waals surface area (Å²) >= 11 is 0. The van der Waals surface area contributed by atoms with E-state index in [9.17, 15) is 4.79 Å². The Morgan fingerprint density at radius 3 is 2.75 bits per heavy atom. The number of benzene rings is 1. The van der Waals surface area contributed by atoms with Gasteiger partial charge in [-0.15, -0.1) is 0 Å². The number of hydrogen-bond acceptors (Lipinski definition) is 3. The minimum Gasteiger partial charge on any atom is -0.352 e. The summed E-state index contributed by atoms with van der Waals surface area (Å²) in [5.41, 5.74) is 2.19. The van der Waals surface area contributed by atoms with E-state index in [2.05, 4.69) is 15.7 Å². The molecule has 2 N–H and O–H groups in total. The summed E-state index contributed by atoms with van der Waals surface area (Å²) in [5.74, 6) is 0.0839. The SMILES string of the molecule is O=C(CNCc1ccc(-n2cccn2)cc1)NC1CC1. The van der Waals surface area contributed by atoms with Crippen molar-refractivity contribution in [1.29, 1.82) is 0 Å². The van der Waals surface area contributed by atoms with Crippen LogP contribution >= 0.6 is 0 Å². The summed E-state index contributed by atoms with van der Waals surface area (Å²) in [5, 5.41) is 10.3. The fourth-order valence-electron chi connectivity index (χ4n) is 2.01. The highest BCUT2D eigenvalue weighted by molar-refractivity contribution is 5.78. The lowest BCUT2D eigenvalue weighted by Crippen LogP contribution is -2.34. The van der Waals surface area contributed by atoms with Gasteiger partial charge in [0.2, 0.25) is 5.91 Å². The maximum absolute atomic E-state index is 11.5. The third kappa shape index (κ3) is 3.45. The number of rotatable bonds is 6. The third-order valence-corrected chi connectivity index (χ3v) is 3.26. The molecule has 0 aliphatic heterocycles. The molecule has 1 aliphatic carbocycles. The fourth-order valence-corrected chi connectivity index (χ4v) is 2.01. The molecule has 1 saturated carbocycles. The zero-order valence-corrected chi connectivity index (χ0v) is 11.2. The molecule has 1 fully saturated rings. The van der Waals surface area contributed by atoms with Gasteiger partial charge in [0.25, 0.3) is 0 Å². The van der Waals surface area contributed by atoms with E-state index in [-0.39, 0.29) is 5.91 Å². The van der Waals surface area contributed by atoms with Crippen LogP contribution in [-0.4, -0.2) is 28.3 Å². The van der Waals surface area contributed by atoms with Crippen LogP contribution in [0.4, 0.5) is 0 Å². The summed E-state index contributed by atoms with van der Waals surface area (Å²) in [4.78, 5) is 11.5. The normalized spacial score (nSPS) is 14.2. The lowest BCUT2D eigenvalue weighted by molar-refractivity contribution is -0.120. The van der Waals surface area contributed by atoms with Gasteiger partial charge in [-0.3, -0.25) is 4.79 Å². The molecule has 20 heavy (non-hydrogen) atoms. The Morgan fingerprint density at radius 2 is 2.10 bits per heavy atom. The number of nitrogens with one attached hydrogen (secondary N) is 2. The van der Waals surface area contributed by atoms with Crippen LogP contribution in [0, 0.1) is 0 Å². The van der Waals surface area contributed by atoms with Crippen molar-refractivity contribution in [2.24, 2.45) is 0 Å². The smallest absolute Gasteiger partial charge is 0.234 e. The molecule has 0 spiro atoms. The topological polar surface area (TPSA) is 59.0 Å². The van der Waals surface area contributed by atoms with Gasteiger partial charge in [0.1, 0.15) is 0 Å². The maximum Gasteiger partial charge on any atom is 0.234 e. The van der Waals surface area contributed by atoms with Gasteiger partial charge < -0.3 is 10.6 Å². The van der Waals surface area contributed by atoms with Gasteiger partial charge in [0.05, 0.1) is 12.2 Å². The van der Waals surface area contributed by atoms with Gasteiger partial charge in [-0.25, -0.2) is 4.68 Å². The summed E-state index contributed by atoms with van der Waals surface area (Å²) in [6.07, 6.45) is 5.92. The number of carbonyl (C=O) groups excluding carboxylic acids is 1. The quantitative estimate of drug-likeness (QED) is 0.830. The summed E-state index contributed by atoms with van der Waals surface area (Å²) in [6.45, 7) is 1.06. The Bertz CT molecular complexity index is 558. The van der Waals surface area contributed by atoms with Crippen LogP contribution in [0.15, 0.2) is 42.7 Å². The first kappa shape index (κ1) is 12.9. The zero-order valence-electron chi connectivity index (χ0n) is 11.2. The Kier molecular flexibility index (Phi) is 3.78. The molecule has 2 aromatic rings. The second kappa shape index (κ2) is 5.88. The van der Waals surface area contributed by atoms with Crippen molar-refractivity contribution >= 4 is 5.91 Å². The number of aromatic nitrogens is 2. The Labute approximate surface area is 118 Å². The molecule has 0 radical (unpaired) electrons. The lowest BCUT2D eigenvalue weighted by Gasteiger charge is -2.07. The highest BCUT2D eigenvalue weighted by Gasteiger charge is 2.22. The standard InChI is InChI=1S/C15H18N4O/c20-15(18-13-4-5-13)11-16-10-12-2-6-14(7-3-12)19-9-1-8-17-19/h1-3,6-9,13,16H,4-5,10-11H2,(H,18,20). The molecular weight excluding hydrogens is 252 g/mol. The van der Waals surface area contributed by atoms with E-state index < -0.39 is 0 Å². The van der Waals surface area contributed by atoms with E-state index in [4.69, 9.17) is 0 Å². The van der Waals surface area contributed by atoms with E-state index in [1.165, 1.54) is 0 Å². The van der Waals surface area contributed by atoms with Crippen molar-refractivity contribution in [3.8, 4) is 5.69 Å². The molecular formula is C15H18N4O. The monoisotopic (exact) mass is 270 g/mol. The predicted molar refractivity (Wildman–Crippen MR) is 76.4 cm³/mol. The minimum atomic E-state index is 0.0839. The first-order chi connectivity index (χ1) is 9.81. The molecule has 5 heteroatoms. The lowest BCUT2D eigenvalue weighted by atomic mass is 10.2. The van der Waals surface area contributed by atoms with Gasteiger partial charge in [-0.05, 0) is 36.6 Å². The molecule has 0 saturated heterocycles. The van der Waals surface area contributed by atoms with Crippen LogP contribution in [0.2, 0.25) is 0 Å². The number of carbonyl (C=O) groups is 1. The molecule has 1 heterocycles. The van der Waals surface area contributed by atoms with E-state index in [0.29, 0.717) is 19.1 Å². The first-order valence-corrected chi connectivity index (χ1v) is 6.90. The van der Waals surface area contributed by atoms with E-state index >= 15 is 0 Å². The van der Waals surface area contributed by atoms with Crippen LogP contribution in [0.1, 0.15) is 18.4 Å². The van der Waals surface area contributed by atoms with Gasteiger partial charge in [0, 0.05) is 25.0 Å². The summed E-state index contributed by atoms with van der Waals surface area (Å²) in [6, 6.07) is 10.5. The van der Waals surface area contributed by atoms with Gasteiger partial charge in [-0.1, -0.05) is 12.1 Å². The molecule has 0 bridgehead atoms. The molecule has 1 aromatic carbocycles. The minimum absolute atomic E-state index is 0.0839. The largest absolute Gasteiger partial charge is 0.352 e. The molecule has 3 rings (SSSR count). The summed E-state index contributed by atoms with van der Waals surface area (Å²) in [7, 11) is 0. The van der Waals surface area contributed by atoms with Crippen LogP contribution in [0.5, 0.6) is 0 Å². The van der Waals surface area contributed by atoms with Gasteiger partial charge in [-0.2, -0.15) is 5.10 Å². The molecule has 0 unspecified atom stereocenters. The second-order valence-corrected chi connectivity index (χ2v) is 5.06. The zero-order chi connectivity index (χ0) is 13.8. The first-order valence-electron chi connectivity index (χ1n) is 6.90. The molecule has 1 aromatic heterocycles. The van der Waals surface area contributed by atoms with Crippen molar-refractivity contribution in [3.63, 3.8) is 0 Å². The second-order valence-electron chi connectivity index (χ2n) is 5.06. The highest BCUT2D eigenvalue weighted by Crippen LogP contribution is 2.18. The van der Waals surface area contributed by atoms with Crippen LogP contribution in [0.3, 0.4) is 0 Å². The Hall–Kier alpha value is -2.14.